The van der Waals surface area contributed by atoms with Crippen molar-refractivity contribution in [2.24, 2.45) is 5.10 Å². The second-order valence-corrected chi connectivity index (χ2v) is 3.84. The van der Waals surface area contributed by atoms with E-state index in [9.17, 15) is 4.79 Å². The fraction of sp³-hybridized carbons (Fsp3) is 0.0714. The number of hydrogen-bond donors (Lipinski definition) is 1. The molecule has 1 amide bonds. The molecule has 0 saturated heterocycles. The number of amides is 1. The van der Waals surface area contributed by atoms with Crippen LogP contribution < -0.4 is 5.43 Å². The summed E-state index contributed by atoms with van der Waals surface area (Å²) in [6.45, 7) is 1.87. The van der Waals surface area contributed by atoms with Gasteiger partial charge in [-0.15, -0.1) is 0 Å². The van der Waals surface area contributed by atoms with Crippen LogP contribution in [-0.2, 0) is 0 Å². The number of nitrogens with one attached hydrogen (secondary N) is 1. The van der Waals surface area contributed by atoms with Gasteiger partial charge in [0.15, 0.2) is 0 Å². The molecular weight excluding hydrogens is 242 g/mol. The van der Waals surface area contributed by atoms with E-state index in [2.05, 4.69) is 15.5 Å². The monoisotopic (exact) mass is 255 g/mol. The van der Waals surface area contributed by atoms with Crippen LogP contribution in [0.1, 0.15) is 23.0 Å². The highest BCUT2D eigenvalue weighted by molar-refractivity contribution is 5.94. The Hall–Kier alpha value is -2.69. The van der Waals surface area contributed by atoms with Crippen molar-refractivity contribution in [3.63, 3.8) is 0 Å². The lowest BCUT2D eigenvalue weighted by Crippen LogP contribution is -2.17. The molecule has 0 unspecified atom stereocenters. The molecule has 0 aliphatic carbocycles. The minimum Gasteiger partial charge on any atom is -0.465 e. The van der Waals surface area contributed by atoms with E-state index in [1.807, 2.05) is 25.1 Å². The van der Waals surface area contributed by atoms with Crippen molar-refractivity contribution in [3.05, 3.63) is 59.8 Å². The first-order valence-electron chi connectivity index (χ1n) is 5.71. The van der Waals surface area contributed by atoms with Crippen molar-refractivity contribution in [2.75, 3.05) is 0 Å². The SMILES string of the molecule is CC(/C=N\NC(=O)c1ccncc1)=C/c1ccco1. The second-order valence-electron chi connectivity index (χ2n) is 3.84. The number of hydrazone groups is 1. The van der Waals surface area contributed by atoms with Gasteiger partial charge in [-0.05, 0) is 42.8 Å². The van der Waals surface area contributed by atoms with E-state index in [1.54, 1.807) is 37.0 Å². The number of rotatable bonds is 4. The lowest BCUT2D eigenvalue weighted by Gasteiger charge is -1.98. The highest BCUT2D eigenvalue weighted by Crippen LogP contribution is 2.05. The van der Waals surface area contributed by atoms with Gasteiger partial charge in [-0.2, -0.15) is 5.10 Å². The van der Waals surface area contributed by atoms with Crippen molar-refractivity contribution in [3.8, 4) is 0 Å². The molecule has 0 aliphatic rings. The van der Waals surface area contributed by atoms with E-state index < -0.39 is 0 Å². The summed E-state index contributed by atoms with van der Waals surface area (Å²) in [5, 5.41) is 3.87. The molecule has 19 heavy (non-hydrogen) atoms. The first kappa shape index (κ1) is 12.8. The predicted molar refractivity (Wildman–Crippen MR) is 72.6 cm³/mol. The fourth-order valence-corrected chi connectivity index (χ4v) is 1.40. The topological polar surface area (TPSA) is 67.5 Å². The summed E-state index contributed by atoms with van der Waals surface area (Å²) in [5.74, 6) is 0.467. The molecule has 0 fully saturated rings. The number of carbonyl (C=O) groups excluding carboxylic acids is 1. The molecule has 0 bridgehead atoms. The molecule has 2 aromatic rings. The van der Waals surface area contributed by atoms with E-state index in [-0.39, 0.29) is 5.91 Å². The van der Waals surface area contributed by atoms with Crippen molar-refractivity contribution in [1.29, 1.82) is 0 Å². The maximum Gasteiger partial charge on any atom is 0.271 e. The Bertz CT molecular complexity index is 586. The first-order valence-corrected chi connectivity index (χ1v) is 5.71. The van der Waals surface area contributed by atoms with Gasteiger partial charge >= 0.3 is 0 Å². The molecule has 5 nitrogen and oxygen atoms in total. The second kappa shape index (κ2) is 6.30. The van der Waals surface area contributed by atoms with Crippen LogP contribution in [0.4, 0.5) is 0 Å². The van der Waals surface area contributed by atoms with Crippen LogP contribution in [0.25, 0.3) is 6.08 Å². The van der Waals surface area contributed by atoms with Gasteiger partial charge in [-0.1, -0.05) is 0 Å². The van der Waals surface area contributed by atoms with Gasteiger partial charge < -0.3 is 4.42 Å². The van der Waals surface area contributed by atoms with Crippen LogP contribution in [0.5, 0.6) is 0 Å². The number of furan rings is 1. The highest BCUT2D eigenvalue weighted by atomic mass is 16.3. The minimum absolute atomic E-state index is 0.274. The fourth-order valence-electron chi connectivity index (χ4n) is 1.40. The molecule has 2 aromatic heterocycles. The Labute approximate surface area is 110 Å². The number of nitrogens with zero attached hydrogens (tertiary/aromatic N) is 2. The number of allylic oxidation sites excluding steroid dienone is 1. The minimum atomic E-state index is -0.274. The van der Waals surface area contributed by atoms with Crippen molar-refractivity contribution < 1.29 is 9.21 Å². The normalized spacial score (nSPS) is 11.7. The van der Waals surface area contributed by atoms with Crippen LogP contribution in [-0.4, -0.2) is 17.1 Å². The van der Waals surface area contributed by atoms with E-state index in [1.165, 1.54) is 0 Å². The van der Waals surface area contributed by atoms with E-state index >= 15 is 0 Å². The Balaban J connectivity index is 1.92. The van der Waals surface area contributed by atoms with Gasteiger partial charge in [0.25, 0.3) is 5.91 Å². The molecule has 1 N–H and O–H groups in total. The molecule has 0 radical (unpaired) electrons. The zero-order valence-corrected chi connectivity index (χ0v) is 10.4. The average molecular weight is 255 g/mol. The Kier molecular flexibility index (Phi) is 4.23. The largest absolute Gasteiger partial charge is 0.465 e. The number of aromatic nitrogens is 1. The zero-order valence-electron chi connectivity index (χ0n) is 10.4. The van der Waals surface area contributed by atoms with E-state index in [0.29, 0.717) is 5.56 Å². The van der Waals surface area contributed by atoms with Crippen molar-refractivity contribution in [1.82, 2.24) is 10.4 Å². The molecule has 96 valence electrons. The van der Waals surface area contributed by atoms with Gasteiger partial charge in [0.1, 0.15) is 5.76 Å². The maximum absolute atomic E-state index is 11.7. The zero-order chi connectivity index (χ0) is 13.5. The van der Waals surface area contributed by atoms with Crippen LogP contribution >= 0.6 is 0 Å². The van der Waals surface area contributed by atoms with Gasteiger partial charge in [-0.3, -0.25) is 9.78 Å². The Morgan fingerprint density at radius 2 is 2.16 bits per heavy atom. The lowest BCUT2D eigenvalue weighted by atomic mass is 10.2. The molecule has 0 atom stereocenters. The number of pyridine rings is 1. The summed E-state index contributed by atoms with van der Waals surface area (Å²) in [6.07, 6.45) is 8.09. The quantitative estimate of drug-likeness (QED) is 0.674. The van der Waals surface area contributed by atoms with Crippen molar-refractivity contribution in [2.45, 2.75) is 6.92 Å². The van der Waals surface area contributed by atoms with Crippen molar-refractivity contribution >= 4 is 18.2 Å². The Morgan fingerprint density at radius 3 is 2.84 bits per heavy atom. The lowest BCUT2D eigenvalue weighted by molar-refractivity contribution is 0.0955. The van der Waals surface area contributed by atoms with Gasteiger partial charge in [0.2, 0.25) is 0 Å². The van der Waals surface area contributed by atoms with E-state index in [4.69, 9.17) is 4.42 Å². The highest BCUT2D eigenvalue weighted by Gasteiger charge is 2.01. The van der Waals surface area contributed by atoms with Crippen LogP contribution in [0.2, 0.25) is 0 Å². The molecule has 0 saturated carbocycles. The third-order valence-electron chi connectivity index (χ3n) is 2.29. The van der Waals surface area contributed by atoms with Crippen LogP contribution in [0.3, 0.4) is 0 Å². The van der Waals surface area contributed by atoms with Gasteiger partial charge in [0.05, 0.1) is 12.5 Å². The van der Waals surface area contributed by atoms with Gasteiger partial charge in [-0.25, -0.2) is 5.43 Å². The van der Waals surface area contributed by atoms with Crippen LogP contribution in [0.15, 0.2) is 58.0 Å². The number of hydrogen-bond acceptors (Lipinski definition) is 4. The predicted octanol–water partition coefficient (Wildman–Crippen LogP) is 2.49. The Morgan fingerprint density at radius 1 is 1.37 bits per heavy atom. The van der Waals surface area contributed by atoms with E-state index in [0.717, 1.165) is 11.3 Å². The number of carbonyl (C=O) groups is 1. The molecule has 0 aromatic carbocycles. The molecule has 0 spiro atoms. The summed E-state index contributed by atoms with van der Waals surface area (Å²) >= 11 is 0. The molecule has 2 heterocycles. The molecule has 2 rings (SSSR count). The smallest absolute Gasteiger partial charge is 0.271 e. The third-order valence-corrected chi connectivity index (χ3v) is 2.29. The average Bonchev–Trinajstić information content (AvgIpc) is 2.92. The summed E-state index contributed by atoms with van der Waals surface area (Å²) < 4.78 is 5.17. The summed E-state index contributed by atoms with van der Waals surface area (Å²) in [7, 11) is 0. The molecular formula is C14H13N3O2. The summed E-state index contributed by atoms with van der Waals surface area (Å²) in [5.41, 5.74) is 3.82. The van der Waals surface area contributed by atoms with Gasteiger partial charge in [0, 0.05) is 18.0 Å². The third kappa shape index (κ3) is 3.92. The summed E-state index contributed by atoms with van der Waals surface area (Å²) in [6, 6.07) is 6.89. The standard InChI is InChI=1S/C14H13N3O2/c1-11(9-13-3-2-8-19-13)10-16-17-14(18)12-4-6-15-7-5-12/h2-10H,1H3,(H,17,18)/b11-9-,16-10-. The maximum atomic E-state index is 11.7. The molecule has 0 aliphatic heterocycles. The molecule has 5 heteroatoms. The summed E-state index contributed by atoms with van der Waals surface area (Å²) in [4.78, 5) is 15.5. The van der Waals surface area contributed by atoms with Crippen LogP contribution in [0, 0.1) is 0 Å². The first-order chi connectivity index (χ1) is 9.25.